The summed E-state index contributed by atoms with van der Waals surface area (Å²) in [4.78, 5) is 0.330. The second-order valence-electron chi connectivity index (χ2n) is 7.00. The first-order valence-corrected chi connectivity index (χ1v) is 10.1. The van der Waals surface area contributed by atoms with Crippen LogP contribution < -0.4 is 14.8 Å². The summed E-state index contributed by atoms with van der Waals surface area (Å²) in [6.07, 6.45) is 4.42. The van der Waals surface area contributed by atoms with Gasteiger partial charge in [0.25, 0.3) is 0 Å². The molecule has 2 heterocycles. The first-order chi connectivity index (χ1) is 11.5. The topological polar surface area (TPSA) is 67.9 Å². The number of benzene rings is 1. The molecule has 24 heavy (non-hydrogen) atoms. The van der Waals surface area contributed by atoms with Crippen LogP contribution in [0.15, 0.2) is 17.0 Å². The normalized spacial score (nSPS) is 22.0. The van der Waals surface area contributed by atoms with Gasteiger partial charge in [-0.3, -0.25) is 0 Å². The minimum atomic E-state index is -3.49. The highest BCUT2D eigenvalue weighted by Gasteiger charge is 2.32. The lowest BCUT2D eigenvalue weighted by Crippen LogP contribution is -2.45. The van der Waals surface area contributed by atoms with Gasteiger partial charge in [0.05, 0.1) is 4.90 Å². The van der Waals surface area contributed by atoms with E-state index in [1.807, 2.05) is 0 Å². The third kappa shape index (κ3) is 3.12. The van der Waals surface area contributed by atoms with E-state index in [0.29, 0.717) is 41.1 Å². The number of nitrogens with zero attached hydrogens (tertiary/aromatic N) is 1. The van der Waals surface area contributed by atoms with Crippen LogP contribution in [0.1, 0.15) is 31.2 Å². The van der Waals surface area contributed by atoms with Gasteiger partial charge in [-0.2, -0.15) is 4.31 Å². The molecule has 2 aliphatic heterocycles. The number of hydrogen-bond acceptors (Lipinski definition) is 5. The Kier molecular flexibility index (Phi) is 4.18. The smallest absolute Gasteiger partial charge is 0.243 e. The Morgan fingerprint density at radius 2 is 1.79 bits per heavy atom. The molecule has 2 fully saturated rings. The maximum Gasteiger partial charge on any atom is 0.243 e. The third-order valence-corrected chi connectivity index (χ3v) is 7.17. The summed E-state index contributed by atoms with van der Waals surface area (Å²) < 4.78 is 38.3. The van der Waals surface area contributed by atoms with E-state index in [1.54, 1.807) is 23.4 Å². The van der Waals surface area contributed by atoms with Crippen molar-refractivity contribution in [2.75, 3.05) is 26.4 Å². The molecule has 0 aromatic heterocycles. The molecule has 1 saturated heterocycles. The fraction of sp³-hybridized carbons (Fsp3) is 0.647. The zero-order valence-electron chi connectivity index (χ0n) is 14.0. The summed E-state index contributed by atoms with van der Waals surface area (Å²) in [6.45, 7) is 4.17. The predicted octanol–water partition coefficient (Wildman–Crippen LogP) is 1.88. The number of aryl methyl sites for hydroxylation is 1. The Labute approximate surface area is 143 Å². The molecule has 1 saturated carbocycles. The van der Waals surface area contributed by atoms with Gasteiger partial charge in [0.1, 0.15) is 0 Å². The minimum Gasteiger partial charge on any atom is -0.454 e. The van der Waals surface area contributed by atoms with Crippen LogP contribution in [0.4, 0.5) is 0 Å². The van der Waals surface area contributed by atoms with Crippen LogP contribution in [-0.4, -0.2) is 45.2 Å². The molecule has 1 aliphatic carbocycles. The standard InChI is InChI=1S/C17H24N2O4S/c1-12-8-15-16(23-11-22-15)9-17(12)24(20,21)19-6-4-14(5-7-19)18-10-13-2-3-13/h8-9,13-14,18H,2-7,10-11H2,1H3. The number of ether oxygens (including phenoxy) is 2. The summed E-state index contributed by atoms with van der Waals surface area (Å²) in [5.41, 5.74) is 0.702. The molecule has 0 unspecified atom stereocenters. The highest BCUT2D eigenvalue weighted by molar-refractivity contribution is 7.89. The van der Waals surface area contributed by atoms with E-state index in [2.05, 4.69) is 5.32 Å². The van der Waals surface area contributed by atoms with Crippen LogP contribution in [0.25, 0.3) is 0 Å². The molecule has 3 aliphatic rings. The van der Waals surface area contributed by atoms with Gasteiger partial charge < -0.3 is 14.8 Å². The first-order valence-electron chi connectivity index (χ1n) is 8.68. The van der Waals surface area contributed by atoms with Gasteiger partial charge in [0, 0.05) is 25.2 Å². The Balaban J connectivity index is 1.45. The SMILES string of the molecule is Cc1cc2c(cc1S(=O)(=O)N1CCC(NCC3CC3)CC1)OCO2. The second kappa shape index (κ2) is 6.20. The van der Waals surface area contributed by atoms with Crippen molar-refractivity contribution < 1.29 is 17.9 Å². The Bertz CT molecular complexity index is 722. The zero-order chi connectivity index (χ0) is 16.7. The van der Waals surface area contributed by atoms with E-state index < -0.39 is 10.0 Å². The fourth-order valence-electron chi connectivity index (χ4n) is 3.40. The lowest BCUT2D eigenvalue weighted by Gasteiger charge is -2.32. The molecule has 4 rings (SSSR count). The number of nitrogens with one attached hydrogen (secondary N) is 1. The van der Waals surface area contributed by atoms with Crippen LogP contribution in [0.2, 0.25) is 0 Å². The van der Waals surface area contributed by atoms with Crippen molar-refractivity contribution in [2.24, 2.45) is 5.92 Å². The van der Waals surface area contributed by atoms with E-state index in [9.17, 15) is 8.42 Å². The number of piperidine rings is 1. The van der Waals surface area contributed by atoms with Gasteiger partial charge in [0.15, 0.2) is 11.5 Å². The summed E-state index contributed by atoms with van der Waals surface area (Å²) >= 11 is 0. The molecule has 1 aromatic rings. The summed E-state index contributed by atoms with van der Waals surface area (Å²) in [7, 11) is -3.49. The molecule has 0 amide bonds. The Morgan fingerprint density at radius 1 is 1.12 bits per heavy atom. The van der Waals surface area contributed by atoms with Crippen molar-refractivity contribution >= 4 is 10.0 Å². The zero-order valence-corrected chi connectivity index (χ0v) is 14.8. The number of rotatable bonds is 5. The van der Waals surface area contributed by atoms with Crippen LogP contribution >= 0.6 is 0 Å². The lowest BCUT2D eigenvalue weighted by atomic mass is 10.1. The average Bonchev–Trinajstić information content (AvgIpc) is 3.29. The molecular weight excluding hydrogens is 328 g/mol. The highest BCUT2D eigenvalue weighted by atomic mass is 32.2. The molecule has 0 radical (unpaired) electrons. The van der Waals surface area contributed by atoms with Crippen molar-refractivity contribution in [2.45, 2.75) is 43.5 Å². The van der Waals surface area contributed by atoms with Crippen LogP contribution in [0, 0.1) is 12.8 Å². The molecular formula is C17H24N2O4S. The molecule has 1 aromatic carbocycles. The number of hydrogen-bond donors (Lipinski definition) is 1. The fourth-order valence-corrected chi connectivity index (χ4v) is 5.09. The van der Waals surface area contributed by atoms with Crippen molar-refractivity contribution in [3.63, 3.8) is 0 Å². The maximum atomic E-state index is 13.0. The van der Waals surface area contributed by atoms with Crippen molar-refractivity contribution in [1.82, 2.24) is 9.62 Å². The number of fused-ring (bicyclic) bond motifs is 1. The van der Waals surface area contributed by atoms with Gasteiger partial charge in [-0.1, -0.05) is 0 Å². The minimum absolute atomic E-state index is 0.149. The van der Waals surface area contributed by atoms with Gasteiger partial charge in [-0.05, 0) is 56.7 Å². The Hall–Kier alpha value is -1.31. The van der Waals surface area contributed by atoms with Gasteiger partial charge in [0.2, 0.25) is 16.8 Å². The van der Waals surface area contributed by atoms with E-state index in [0.717, 1.165) is 25.3 Å². The molecule has 0 spiro atoms. The molecule has 0 bridgehead atoms. The molecule has 6 nitrogen and oxygen atoms in total. The van der Waals surface area contributed by atoms with E-state index in [-0.39, 0.29) is 6.79 Å². The molecule has 132 valence electrons. The first kappa shape index (κ1) is 16.2. The van der Waals surface area contributed by atoms with E-state index in [4.69, 9.17) is 9.47 Å². The van der Waals surface area contributed by atoms with Crippen LogP contribution in [-0.2, 0) is 10.0 Å². The van der Waals surface area contributed by atoms with Gasteiger partial charge in [-0.25, -0.2) is 8.42 Å². The third-order valence-electron chi connectivity index (χ3n) is 5.13. The second-order valence-corrected chi connectivity index (χ2v) is 8.91. The van der Waals surface area contributed by atoms with Crippen molar-refractivity contribution in [3.8, 4) is 11.5 Å². The molecule has 1 N–H and O–H groups in total. The molecule has 7 heteroatoms. The van der Waals surface area contributed by atoms with E-state index in [1.165, 1.54) is 12.8 Å². The summed E-state index contributed by atoms with van der Waals surface area (Å²) in [5, 5.41) is 3.58. The Morgan fingerprint density at radius 3 is 2.46 bits per heavy atom. The van der Waals surface area contributed by atoms with Crippen molar-refractivity contribution in [3.05, 3.63) is 17.7 Å². The maximum absolute atomic E-state index is 13.0. The van der Waals surface area contributed by atoms with E-state index >= 15 is 0 Å². The molecule has 0 atom stereocenters. The predicted molar refractivity (Wildman–Crippen MR) is 89.8 cm³/mol. The largest absolute Gasteiger partial charge is 0.454 e. The monoisotopic (exact) mass is 352 g/mol. The van der Waals surface area contributed by atoms with Crippen molar-refractivity contribution in [1.29, 1.82) is 0 Å². The number of sulfonamides is 1. The summed E-state index contributed by atoms with van der Waals surface area (Å²) in [5.74, 6) is 1.98. The lowest BCUT2D eigenvalue weighted by molar-refractivity contribution is 0.174. The average molecular weight is 352 g/mol. The van der Waals surface area contributed by atoms with Crippen LogP contribution in [0.5, 0.6) is 11.5 Å². The van der Waals surface area contributed by atoms with Crippen LogP contribution in [0.3, 0.4) is 0 Å². The van der Waals surface area contributed by atoms with Gasteiger partial charge in [-0.15, -0.1) is 0 Å². The highest BCUT2D eigenvalue weighted by Crippen LogP contribution is 2.37. The quantitative estimate of drug-likeness (QED) is 0.876. The van der Waals surface area contributed by atoms with Gasteiger partial charge >= 0.3 is 0 Å². The summed E-state index contributed by atoms with van der Waals surface area (Å²) in [6, 6.07) is 3.79.